The lowest BCUT2D eigenvalue weighted by Crippen LogP contribution is -2.55. The number of hydrogen-bond acceptors (Lipinski definition) is 4. The molecule has 4 heteroatoms. The van der Waals surface area contributed by atoms with Gasteiger partial charge in [-0.1, -0.05) is 54.6 Å². The number of ether oxygens (including phenoxy) is 1. The topological polar surface area (TPSA) is 42.4 Å². The van der Waals surface area contributed by atoms with E-state index in [1.54, 1.807) is 0 Å². The number of rotatable bonds is 6. The second kappa shape index (κ2) is 8.64. The van der Waals surface area contributed by atoms with Crippen molar-refractivity contribution in [1.82, 2.24) is 9.88 Å². The van der Waals surface area contributed by atoms with E-state index in [4.69, 9.17) is 4.74 Å². The molecule has 3 aliphatic rings. The largest absolute Gasteiger partial charge is 0.456 e. The molecule has 6 rings (SSSR count). The zero-order chi connectivity index (χ0) is 21.2. The number of pyridine rings is 1. The summed E-state index contributed by atoms with van der Waals surface area (Å²) in [5.41, 5.74) is 2.96. The monoisotopic (exact) mass is 412 g/mol. The molecule has 4 heterocycles. The van der Waals surface area contributed by atoms with Crippen molar-refractivity contribution in [3.05, 3.63) is 90.6 Å². The van der Waals surface area contributed by atoms with Gasteiger partial charge in [0.2, 0.25) is 0 Å². The molecule has 3 aliphatic heterocycles. The maximum Gasteiger partial charge on any atom is 0.310 e. The molecule has 1 unspecified atom stereocenters. The number of nitrogens with zero attached hydrogens (tertiary/aromatic N) is 2. The average molecular weight is 413 g/mol. The van der Waals surface area contributed by atoms with Crippen LogP contribution in [0.3, 0.4) is 0 Å². The summed E-state index contributed by atoms with van der Waals surface area (Å²) in [6.45, 7) is 6.09. The molecular weight excluding hydrogens is 384 g/mol. The van der Waals surface area contributed by atoms with Crippen molar-refractivity contribution in [3.63, 3.8) is 0 Å². The molecule has 31 heavy (non-hydrogen) atoms. The van der Waals surface area contributed by atoms with Crippen LogP contribution in [0.1, 0.15) is 30.1 Å². The number of piperidine rings is 3. The highest BCUT2D eigenvalue weighted by atomic mass is 16.5. The van der Waals surface area contributed by atoms with Gasteiger partial charge in [0.25, 0.3) is 0 Å². The Bertz CT molecular complexity index is 1080. The molecule has 0 radical (unpaired) electrons. The number of aromatic nitrogens is 1. The molecular formula is C27H28N2O2. The van der Waals surface area contributed by atoms with Crippen LogP contribution < -0.4 is 0 Å². The van der Waals surface area contributed by atoms with E-state index < -0.39 is 0 Å². The van der Waals surface area contributed by atoms with E-state index in [1.807, 2.05) is 60.8 Å². The predicted molar refractivity (Wildman–Crippen MR) is 122 cm³/mol. The minimum absolute atomic E-state index is 0.181. The molecule has 5 atom stereocenters. The Hall–Kier alpha value is -2.98. The van der Waals surface area contributed by atoms with Crippen molar-refractivity contribution in [2.75, 3.05) is 13.1 Å². The van der Waals surface area contributed by atoms with Gasteiger partial charge in [-0.05, 0) is 48.9 Å². The van der Waals surface area contributed by atoms with Crippen LogP contribution in [-0.2, 0) is 16.0 Å². The Labute approximate surface area is 183 Å². The zero-order valence-corrected chi connectivity index (χ0v) is 17.7. The number of carbonyl (C=O) groups is 1. The molecule has 0 aliphatic carbocycles. The Morgan fingerprint density at radius 3 is 2.74 bits per heavy atom. The summed E-state index contributed by atoms with van der Waals surface area (Å²) >= 11 is 0. The number of carbonyl (C=O) groups excluding carboxylic acids is 1. The maximum absolute atomic E-state index is 13.0. The fourth-order valence-electron chi connectivity index (χ4n) is 5.35. The zero-order valence-electron chi connectivity index (χ0n) is 17.7. The summed E-state index contributed by atoms with van der Waals surface area (Å²) in [4.78, 5) is 20.1. The fraction of sp³-hybridized carbons (Fsp3) is 0.333. The van der Waals surface area contributed by atoms with Gasteiger partial charge >= 0.3 is 5.97 Å². The standard InChI is InChI=1S/C27H28N2O2/c1-2-20-18-29-15-13-21(20)17-25(29)27(31-26(30)16-19-8-4-3-5-9-19)23-12-14-28-24-11-7-6-10-22(23)24/h2-12,14,20-21,25,27H,1,13,15-18H2/t20-,21+,25-,27+/m0/s1. The summed E-state index contributed by atoms with van der Waals surface area (Å²) in [5, 5.41) is 1.06. The Kier molecular flexibility index (Phi) is 5.56. The van der Waals surface area contributed by atoms with Crippen molar-refractivity contribution in [2.45, 2.75) is 31.4 Å². The van der Waals surface area contributed by atoms with Crippen molar-refractivity contribution in [2.24, 2.45) is 11.8 Å². The lowest BCUT2D eigenvalue weighted by atomic mass is 9.73. The maximum atomic E-state index is 13.0. The van der Waals surface area contributed by atoms with Gasteiger partial charge in [-0.2, -0.15) is 0 Å². The summed E-state index contributed by atoms with van der Waals surface area (Å²) in [7, 11) is 0. The smallest absolute Gasteiger partial charge is 0.310 e. The summed E-state index contributed by atoms with van der Waals surface area (Å²) in [6, 6.07) is 20.1. The third kappa shape index (κ3) is 4.00. The van der Waals surface area contributed by atoms with E-state index in [9.17, 15) is 4.79 Å². The van der Waals surface area contributed by atoms with Crippen LogP contribution in [0.25, 0.3) is 10.9 Å². The number of fused-ring (bicyclic) bond motifs is 4. The normalized spacial score (nSPS) is 25.8. The lowest BCUT2D eigenvalue weighted by Gasteiger charge is -2.51. The molecule has 0 spiro atoms. The van der Waals surface area contributed by atoms with Gasteiger partial charge in [0.1, 0.15) is 6.10 Å². The first kappa shape index (κ1) is 20.0. The van der Waals surface area contributed by atoms with Crippen molar-refractivity contribution < 1.29 is 9.53 Å². The molecule has 3 saturated heterocycles. The molecule has 158 valence electrons. The number of para-hydroxylation sites is 1. The SMILES string of the molecule is C=C[C@H]1CN2CC[C@@H]1C[C@H]2[C@H](OC(=O)Cc1ccccc1)c1ccnc2ccccc12. The van der Waals surface area contributed by atoms with Gasteiger partial charge < -0.3 is 4.74 Å². The molecule has 0 N–H and O–H groups in total. The van der Waals surface area contributed by atoms with E-state index in [1.165, 1.54) is 6.42 Å². The third-order valence-corrected chi connectivity index (χ3v) is 6.94. The second-order valence-corrected chi connectivity index (χ2v) is 8.74. The third-order valence-electron chi connectivity index (χ3n) is 6.94. The van der Waals surface area contributed by atoms with Gasteiger partial charge in [0.05, 0.1) is 18.0 Å². The van der Waals surface area contributed by atoms with Gasteiger partial charge in [-0.15, -0.1) is 6.58 Å². The first-order valence-electron chi connectivity index (χ1n) is 11.2. The molecule has 1 aromatic heterocycles. The van der Waals surface area contributed by atoms with Crippen LogP contribution in [0.2, 0.25) is 0 Å². The van der Waals surface area contributed by atoms with E-state index in [0.29, 0.717) is 11.8 Å². The van der Waals surface area contributed by atoms with Gasteiger partial charge in [-0.25, -0.2) is 0 Å². The van der Waals surface area contributed by atoms with Crippen LogP contribution in [0.15, 0.2) is 79.5 Å². The van der Waals surface area contributed by atoms with Crippen LogP contribution in [0.4, 0.5) is 0 Å². The quantitative estimate of drug-likeness (QED) is 0.424. The highest BCUT2D eigenvalue weighted by Crippen LogP contribution is 2.43. The van der Waals surface area contributed by atoms with E-state index >= 15 is 0 Å². The van der Waals surface area contributed by atoms with Crippen molar-refractivity contribution in [1.29, 1.82) is 0 Å². The van der Waals surface area contributed by atoms with Gasteiger partial charge in [-0.3, -0.25) is 14.7 Å². The van der Waals surface area contributed by atoms with Crippen LogP contribution in [0, 0.1) is 11.8 Å². The van der Waals surface area contributed by atoms with Gasteiger partial charge in [0.15, 0.2) is 0 Å². The first-order chi connectivity index (χ1) is 15.2. The van der Waals surface area contributed by atoms with Crippen molar-refractivity contribution >= 4 is 16.9 Å². The fourth-order valence-corrected chi connectivity index (χ4v) is 5.35. The number of benzene rings is 2. The molecule has 2 aromatic carbocycles. The number of esters is 1. The van der Waals surface area contributed by atoms with E-state index in [2.05, 4.69) is 28.6 Å². The lowest BCUT2D eigenvalue weighted by molar-refractivity contribution is -0.156. The molecule has 3 aromatic rings. The van der Waals surface area contributed by atoms with Gasteiger partial charge in [0, 0.05) is 23.7 Å². The Morgan fingerprint density at radius 2 is 1.97 bits per heavy atom. The molecule has 4 nitrogen and oxygen atoms in total. The summed E-state index contributed by atoms with van der Waals surface area (Å²) < 4.78 is 6.28. The molecule has 3 fully saturated rings. The Balaban J connectivity index is 1.48. The molecule has 2 bridgehead atoms. The highest BCUT2D eigenvalue weighted by Gasteiger charge is 2.44. The minimum Gasteiger partial charge on any atom is -0.456 e. The molecule has 0 saturated carbocycles. The van der Waals surface area contributed by atoms with Crippen LogP contribution in [0.5, 0.6) is 0 Å². The second-order valence-electron chi connectivity index (χ2n) is 8.74. The Morgan fingerprint density at radius 1 is 1.16 bits per heavy atom. The van der Waals surface area contributed by atoms with Crippen LogP contribution in [-0.4, -0.2) is 35.0 Å². The highest BCUT2D eigenvalue weighted by molar-refractivity contribution is 5.83. The minimum atomic E-state index is -0.308. The van der Waals surface area contributed by atoms with E-state index in [0.717, 1.165) is 41.5 Å². The summed E-state index contributed by atoms with van der Waals surface area (Å²) in [5.74, 6) is 0.954. The molecule has 0 amide bonds. The van der Waals surface area contributed by atoms with Crippen LogP contribution >= 0.6 is 0 Å². The van der Waals surface area contributed by atoms with E-state index in [-0.39, 0.29) is 24.5 Å². The first-order valence-corrected chi connectivity index (χ1v) is 11.2. The predicted octanol–water partition coefficient (Wildman–Crippen LogP) is 4.96. The summed E-state index contributed by atoms with van der Waals surface area (Å²) in [6.07, 6.45) is 6.12. The number of hydrogen-bond donors (Lipinski definition) is 0. The average Bonchev–Trinajstić information content (AvgIpc) is 2.83. The van der Waals surface area contributed by atoms with Crippen molar-refractivity contribution in [3.8, 4) is 0 Å².